The Morgan fingerprint density at radius 3 is 2.57 bits per heavy atom. The number of pyridine rings is 1. The average molecular weight is 487 g/mol. The molecule has 1 amide bonds. The molecule has 0 aliphatic carbocycles. The molecule has 1 aromatic carbocycles. The number of rotatable bonds is 6. The van der Waals surface area contributed by atoms with Gasteiger partial charge in [0.1, 0.15) is 0 Å². The normalized spacial score (nSPS) is 15.8. The van der Waals surface area contributed by atoms with Gasteiger partial charge in [0, 0.05) is 31.9 Å². The number of amides is 1. The van der Waals surface area contributed by atoms with E-state index in [0.717, 1.165) is 17.7 Å². The van der Waals surface area contributed by atoms with E-state index in [2.05, 4.69) is 10.3 Å². The first kappa shape index (κ1) is 22.9. The van der Waals surface area contributed by atoms with Crippen LogP contribution in [0.1, 0.15) is 18.4 Å². The van der Waals surface area contributed by atoms with Crippen molar-refractivity contribution in [3.63, 3.8) is 0 Å². The second kappa shape index (κ2) is 10.0. The molecule has 0 spiro atoms. The lowest BCUT2D eigenvalue weighted by Crippen LogP contribution is -2.62. The zero-order chi connectivity index (χ0) is 21.7. The van der Waals surface area contributed by atoms with Crippen LogP contribution in [0.15, 0.2) is 48.8 Å². The molecule has 2 aromatic rings. The topological polar surface area (TPSA) is 74.5 Å². The largest absolute Gasteiger partial charge is 0.397 e. The summed E-state index contributed by atoms with van der Waals surface area (Å²) in [6.45, 7) is 1.23. The molecule has 160 valence electrons. The molecular weight excluding hydrogens is 465 g/mol. The SMILES string of the molecule is Nc1ccccc1N1CCCN(C(NC(=O)CCc2ccncc2)C(Cl)(Cl)Cl)C1=S. The molecule has 0 saturated carbocycles. The zero-order valence-electron chi connectivity index (χ0n) is 16.1. The number of nitrogens with zero attached hydrogens (tertiary/aromatic N) is 3. The van der Waals surface area contributed by atoms with Crippen LogP contribution in [-0.4, -0.2) is 44.0 Å². The van der Waals surface area contributed by atoms with Gasteiger partial charge >= 0.3 is 0 Å². The Bertz CT molecular complexity index is 894. The van der Waals surface area contributed by atoms with Crippen molar-refractivity contribution in [3.05, 3.63) is 54.4 Å². The minimum atomic E-state index is -1.78. The van der Waals surface area contributed by atoms with Crippen molar-refractivity contribution >= 4 is 69.4 Å². The summed E-state index contributed by atoms with van der Waals surface area (Å²) >= 11 is 24.4. The number of nitrogens with one attached hydrogen (secondary N) is 1. The van der Waals surface area contributed by atoms with E-state index >= 15 is 0 Å². The second-order valence-corrected chi connectivity index (χ2v) is 9.64. The third kappa shape index (κ3) is 5.66. The van der Waals surface area contributed by atoms with E-state index < -0.39 is 9.96 Å². The Morgan fingerprint density at radius 2 is 1.90 bits per heavy atom. The lowest BCUT2D eigenvalue weighted by atomic mass is 10.1. The molecule has 1 aliphatic rings. The fraction of sp³-hybridized carbons (Fsp3) is 0.350. The van der Waals surface area contributed by atoms with Crippen LogP contribution >= 0.6 is 47.0 Å². The highest BCUT2D eigenvalue weighted by Gasteiger charge is 2.42. The monoisotopic (exact) mass is 485 g/mol. The Kier molecular flexibility index (Phi) is 7.63. The third-order valence-corrected chi connectivity index (χ3v) is 5.87. The lowest BCUT2D eigenvalue weighted by molar-refractivity contribution is -0.122. The molecule has 3 rings (SSSR count). The van der Waals surface area contributed by atoms with Crippen LogP contribution in [0.2, 0.25) is 0 Å². The standard InChI is InChI=1S/C20H22Cl3N5OS/c21-20(22,23)18(26-17(29)7-6-14-8-10-25-11-9-14)28-13-3-12-27(19(28)30)16-5-2-1-4-15(16)24/h1-2,4-5,8-11,18H,3,6-7,12-13,24H2,(H,26,29). The summed E-state index contributed by atoms with van der Waals surface area (Å²) in [6, 6.07) is 11.2. The molecular formula is C20H22Cl3N5OS. The number of thiocarbonyl (C=S) groups is 1. The van der Waals surface area contributed by atoms with Crippen molar-refractivity contribution in [1.82, 2.24) is 15.2 Å². The smallest absolute Gasteiger partial charge is 0.228 e. The van der Waals surface area contributed by atoms with Crippen molar-refractivity contribution in [2.45, 2.75) is 29.2 Å². The summed E-state index contributed by atoms with van der Waals surface area (Å²) in [5.41, 5.74) is 8.52. The number of aromatic nitrogens is 1. The van der Waals surface area contributed by atoms with Crippen molar-refractivity contribution in [2.75, 3.05) is 23.7 Å². The van der Waals surface area contributed by atoms with Crippen molar-refractivity contribution in [1.29, 1.82) is 0 Å². The quantitative estimate of drug-likeness (QED) is 0.366. The highest BCUT2D eigenvalue weighted by Crippen LogP contribution is 2.35. The molecule has 30 heavy (non-hydrogen) atoms. The molecule has 1 fully saturated rings. The van der Waals surface area contributed by atoms with E-state index in [0.29, 0.717) is 30.3 Å². The molecule has 6 nitrogen and oxygen atoms in total. The van der Waals surface area contributed by atoms with Gasteiger partial charge in [0.2, 0.25) is 9.70 Å². The number of nitrogen functional groups attached to an aromatic ring is 1. The van der Waals surface area contributed by atoms with E-state index in [-0.39, 0.29) is 12.3 Å². The van der Waals surface area contributed by atoms with Gasteiger partial charge in [-0.25, -0.2) is 0 Å². The molecule has 3 N–H and O–H groups in total. The molecule has 2 heterocycles. The Morgan fingerprint density at radius 1 is 1.20 bits per heavy atom. The first-order valence-electron chi connectivity index (χ1n) is 9.45. The number of alkyl halides is 3. The van der Waals surface area contributed by atoms with Crippen molar-refractivity contribution < 1.29 is 4.79 Å². The summed E-state index contributed by atoms with van der Waals surface area (Å²) in [4.78, 5) is 20.2. The van der Waals surface area contributed by atoms with E-state index in [9.17, 15) is 4.79 Å². The molecule has 1 saturated heterocycles. The number of aryl methyl sites for hydroxylation is 1. The molecule has 1 atom stereocenters. The van der Waals surface area contributed by atoms with Gasteiger partial charge in [-0.05, 0) is 54.9 Å². The summed E-state index contributed by atoms with van der Waals surface area (Å²) < 4.78 is -1.78. The average Bonchev–Trinajstić information content (AvgIpc) is 2.72. The maximum Gasteiger partial charge on any atom is 0.228 e. The van der Waals surface area contributed by atoms with Gasteiger partial charge in [0.15, 0.2) is 11.3 Å². The Balaban J connectivity index is 1.73. The fourth-order valence-corrected chi connectivity index (χ4v) is 4.21. The van der Waals surface area contributed by atoms with Crippen LogP contribution < -0.4 is 16.0 Å². The van der Waals surface area contributed by atoms with Crippen LogP contribution in [0.25, 0.3) is 0 Å². The first-order chi connectivity index (χ1) is 14.3. The number of carbonyl (C=O) groups excluding carboxylic acids is 1. The molecule has 1 aromatic heterocycles. The maximum absolute atomic E-state index is 12.6. The maximum atomic E-state index is 12.6. The Hall–Kier alpha value is -1.80. The van der Waals surface area contributed by atoms with Crippen LogP contribution in [0.4, 0.5) is 11.4 Å². The summed E-state index contributed by atoms with van der Waals surface area (Å²) in [6.07, 6.45) is 4.03. The van der Waals surface area contributed by atoms with Gasteiger partial charge in [-0.2, -0.15) is 0 Å². The molecule has 10 heteroatoms. The van der Waals surface area contributed by atoms with E-state index in [4.69, 9.17) is 52.8 Å². The molecule has 1 unspecified atom stereocenters. The van der Waals surface area contributed by atoms with Gasteiger partial charge in [0.25, 0.3) is 0 Å². The molecule has 0 radical (unpaired) electrons. The van der Waals surface area contributed by atoms with Gasteiger partial charge < -0.3 is 20.9 Å². The first-order valence-corrected chi connectivity index (χ1v) is 11.0. The minimum absolute atomic E-state index is 0.234. The minimum Gasteiger partial charge on any atom is -0.397 e. The van der Waals surface area contributed by atoms with Crippen molar-refractivity contribution in [3.8, 4) is 0 Å². The predicted octanol–water partition coefficient (Wildman–Crippen LogP) is 3.91. The third-order valence-electron chi connectivity index (χ3n) is 4.79. The highest BCUT2D eigenvalue weighted by molar-refractivity contribution is 7.80. The number of anilines is 2. The van der Waals surface area contributed by atoms with E-state index in [1.54, 1.807) is 17.3 Å². The number of para-hydroxylation sites is 2. The Labute approximate surface area is 196 Å². The number of carbonyl (C=O) groups is 1. The fourth-order valence-electron chi connectivity index (χ4n) is 3.31. The van der Waals surface area contributed by atoms with Crippen LogP contribution in [-0.2, 0) is 11.2 Å². The van der Waals surface area contributed by atoms with E-state index in [1.165, 1.54) is 0 Å². The number of benzene rings is 1. The lowest BCUT2D eigenvalue weighted by Gasteiger charge is -2.44. The van der Waals surface area contributed by atoms with E-state index in [1.807, 2.05) is 41.3 Å². The van der Waals surface area contributed by atoms with Gasteiger partial charge in [-0.1, -0.05) is 46.9 Å². The van der Waals surface area contributed by atoms with Crippen molar-refractivity contribution in [2.24, 2.45) is 0 Å². The number of halogens is 3. The van der Waals surface area contributed by atoms with Crippen LogP contribution in [0.5, 0.6) is 0 Å². The number of hydrogen-bond donors (Lipinski definition) is 2. The summed E-state index contributed by atoms with van der Waals surface area (Å²) in [5, 5.41) is 3.29. The van der Waals surface area contributed by atoms with Gasteiger partial charge in [-0.3, -0.25) is 9.78 Å². The summed E-state index contributed by atoms with van der Waals surface area (Å²) in [5.74, 6) is -0.234. The second-order valence-electron chi connectivity index (χ2n) is 6.91. The van der Waals surface area contributed by atoms with Gasteiger partial charge in [-0.15, -0.1) is 0 Å². The van der Waals surface area contributed by atoms with Crippen LogP contribution in [0.3, 0.4) is 0 Å². The predicted molar refractivity (Wildman–Crippen MR) is 127 cm³/mol. The molecule has 1 aliphatic heterocycles. The van der Waals surface area contributed by atoms with Gasteiger partial charge in [0.05, 0.1) is 11.4 Å². The number of nitrogens with two attached hydrogens (primary N) is 1. The molecule has 0 bridgehead atoms. The summed E-state index contributed by atoms with van der Waals surface area (Å²) in [7, 11) is 0. The zero-order valence-corrected chi connectivity index (χ0v) is 19.2. The van der Waals surface area contributed by atoms with Crippen LogP contribution in [0, 0.1) is 0 Å². The highest BCUT2D eigenvalue weighted by atomic mass is 35.6. The number of hydrogen-bond acceptors (Lipinski definition) is 4.